The summed E-state index contributed by atoms with van der Waals surface area (Å²) in [5, 5.41) is 3.47. The fraction of sp³-hybridized carbons (Fsp3) is 0.600. The van der Waals surface area contributed by atoms with Crippen molar-refractivity contribution in [1.29, 1.82) is 0 Å². The van der Waals surface area contributed by atoms with Crippen molar-refractivity contribution in [2.24, 2.45) is 5.92 Å². The van der Waals surface area contributed by atoms with Gasteiger partial charge in [-0.25, -0.2) is 0 Å². The molecule has 0 spiro atoms. The van der Waals surface area contributed by atoms with Gasteiger partial charge in [0.25, 0.3) is 0 Å². The summed E-state index contributed by atoms with van der Waals surface area (Å²) >= 11 is 5.44. The number of thioether (sulfide) groups is 1. The van der Waals surface area contributed by atoms with Crippen LogP contribution in [-0.4, -0.2) is 25.2 Å². The van der Waals surface area contributed by atoms with Gasteiger partial charge in [0.15, 0.2) is 0 Å². The molecule has 1 aromatic rings. The largest absolute Gasteiger partial charge is 0.492 e. The molecule has 0 saturated heterocycles. The first-order valence-electron chi connectivity index (χ1n) is 6.75. The van der Waals surface area contributed by atoms with Gasteiger partial charge in [-0.3, -0.25) is 0 Å². The van der Waals surface area contributed by atoms with Crippen LogP contribution in [0.2, 0.25) is 0 Å². The minimum Gasteiger partial charge on any atom is -0.492 e. The third kappa shape index (κ3) is 6.68. The Morgan fingerprint density at radius 1 is 1.37 bits per heavy atom. The third-order valence-electron chi connectivity index (χ3n) is 2.66. The quantitative estimate of drug-likeness (QED) is 0.673. The van der Waals surface area contributed by atoms with E-state index in [0.29, 0.717) is 5.92 Å². The molecule has 0 aromatic heterocycles. The summed E-state index contributed by atoms with van der Waals surface area (Å²) in [6.07, 6.45) is 3.21. The van der Waals surface area contributed by atoms with E-state index in [-0.39, 0.29) is 0 Å². The zero-order valence-corrected chi connectivity index (χ0v) is 14.4. The van der Waals surface area contributed by atoms with Crippen LogP contribution in [0.25, 0.3) is 0 Å². The molecule has 1 aromatic carbocycles. The van der Waals surface area contributed by atoms with E-state index < -0.39 is 0 Å². The van der Waals surface area contributed by atoms with Crippen LogP contribution in [0.3, 0.4) is 0 Å². The first-order valence-corrected chi connectivity index (χ1v) is 8.93. The zero-order valence-electron chi connectivity index (χ0n) is 12.0. The fourth-order valence-corrected chi connectivity index (χ4v) is 2.66. The van der Waals surface area contributed by atoms with E-state index in [2.05, 4.69) is 53.5 Å². The number of benzene rings is 1. The Hall–Kier alpha value is -0.190. The van der Waals surface area contributed by atoms with Crippen LogP contribution in [-0.2, 0) is 6.54 Å². The lowest BCUT2D eigenvalue weighted by molar-refractivity contribution is 0.312. The summed E-state index contributed by atoms with van der Waals surface area (Å²) in [5.74, 6) is 2.80. The maximum Gasteiger partial charge on any atom is 0.137 e. The van der Waals surface area contributed by atoms with E-state index in [4.69, 9.17) is 4.74 Å². The number of halogens is 1. The van der Waals surface area contributed by atoms with Gasteiger partial charge in [0.2, 0.25) is 0 Å². The van der Waals surface area contributed by atoms with Crippen molar-refractivity contribution in [3.05, 3.63) is 28.2 Å². The second-order valence-corrected chi connectivity index (χ2v) is 6.79. The molecule has 0 aliphatic heterocycles. The molecule has 0 bridgehead atoms. The molecule has 0 heterocycles. The molecule has 0 aliphatic rings. The second-order valence-electron chi connectivity index (χ2n) is 4.95. The summed E-state index contributed by atoms with van der Waals surface area (Å²) in [7, 11) is 0. The van der Waals surface area contributed by atoms with E-state index in [9.17, 15) is 0 Å². The molecular weight excluding hydrogens is 322 g/mol. The zero-order chi connectivity index (χ0) is 14.1. The summed E-state index contributed by atoms with van der Waals surface area (Å²) in [6, 6.07) is 6.23. The summed E-state index contributed by atoms with van der Waals surface area (Å²) in [6.45, 7) is 7.09. The highest BCUT2D eigenvalue weighted by atomic mass is 79.9. The highest BCUT2D eigenvalue weighted by Crippen LogP contribution is 2.29. The lowest BCUT2D eigenvalue weighted by Gasteiger charge is -2.14. The Balaban J connectivity index is 2.56. The predicted molar refractivity (Wildman–Crippen MR) is 89.2 cm³/mol. The molecule has 0 fully saturated rings. The Kier molecular flexibility index (Phi) is 8.58. The molecule has 1 N–H and O–H groups in total. The molecule has 0 unspecified atom stereocenters. The molecule has 108 valence electrons. The highest BCUT2D eigenvalue weighted by Gasteiger charge is 2.08. The Bertz CT molecular complexity index is 371. The van der Waals surface area contributed by atoms with Gasteiger partial charge in [0.05, 0.1) is 11.1 Å². The number of ether oxygens (including phenoxy) is 1. The van der Waals surface area contributed by atoms with E-state index >= 15 is 0 Å². The summed E-state index contributed by atoms with van der Waals surface area (Å²) in [4.78, 5) is 0. The number of nitrogens with one attached hydrogen (secondary N) is 1. The van der Waals surface area contributed by atoms with Gasteiger partial charge >= 0.3 is 0 Å². The van der Waals surface area contributed by atoms with Crippen LogP contribution in [0.5, 0.6) is 5.75 Å². The van der Waals surface area contributed by atoms with Crippen molar-refractivity contribution in [3.8, 4) is 5.75 Å². The minimum atomic E-state index is 0.665. The molecule has 0 atom stereocenters. The molecule has 4 heteroatoms. The SMILES string of the molecule is CSCCCOc1c(Br)cccc1CNCC(C)C. The summed E-state index contributed by atoms with van der Waals surface area (Å²) < 4.78 is 6.97. The first kappa shape index (κ1) is 16.9. The van der Waals surface area contributed by atoms with Gasteiger partial charge in [-0.2, -0.15) is 11.8 Å². The van der Waals surface area contributed by atoms with Gasteiger partial charge in [-0.05, 0) is 52.9 Å². The molecule has 0 amide bonds. The van der Waals surface area contributed by atoms with Crippen molar-refractivity contribution >= 4 is 27.7 Å². The Morgan fingerprint density at radius 3 is 2.84 bits per heavy atom. The van der Waals surface area contributed by atoms with Crippen molar-refractivity contribution in [3.63, 3.8) is 0 Å². The van der Waals surface area contributed by atoms with E-state index in [1.54, 1.807) is 0 Å². The Morgan fingerprint density at radius 2 is 2.16 bits per heavy atom. The fourth-order valence-electron chi connectivity index (χ4n) is 1.73. The molecular formula is C15H24BrNOS. The minimum absolute atomic E-state index is 0.665. The maximum atomic E-state index is 5.93. The van der Waals surface area contributed by atoms with Gasteiger partial charge in [0.1, 0.15) is 5.75 Å². The highest BCUT2D eigenvalue weighted by molar-refractivity contribution is 9.10. The normalized spacial score (nSPS) is 11.0. The van der Waals surface area contributed by atoms with Crippen LogP contribution in [0.4, 0.5) is 0 Å². The summed E-state index contributed by atoms with van der Waals surface area (Å²) in [5.41, 5.74) is 1.22. The Labute approximate surface area is 129 Å². The molecule has 0 saturated carbocycles. The van der Waals surface area contributed by atoms with Crippen LogP contribution in [0.1, 0.15) is 25.8 Å². The second kappa shape index (κ2) is 9.67. The van der Waals surface area contributed by atoms with Crippen LogP contribution >= 0.6 is 27.7 Å². The maximum absolute atomic E-state index is 5.93. The average molecular weight is 346 g/mol. The van der Waals surface area contributed by atoms with Crippen molar-refractivity contribution < 1.29 is 4.74 Å². The molecule has 2 nitrogen and oxygen atoms in total. The monoisotopic (exact) mass is 345 g/mol. The van der Waals surface area contributed by atoms with Crippen molar-refractivity contribution in [2.75, 3.05) is 25.2 Å². The van der Waals surface area contributed by atoms with Crippen LogP contribution in [0, 0.1) is 5.92 Å². The van der Waals surface area contributed by atoms with Gasteiger partial charge in [-0.15, -0.1) is 0 Å². The van der Waals surface area contributed by atoms with E-state index in [1.165, 1.54) is 5.56 Å². The van der Waals surface area contributed by atoms with Gasteiger partial charge < -0.3 is 10.1 Å². The number of hydrogen-bond donors (Lipinski definition) is 1. The predicted octanol–water partition coefficient (Wildman–Crippen LogP) is 4.33. The average Bonchev–Trinajstić information content (AvgIpc) is 2.36. The lowest BCUT2D eigenvalue weighted by Crippen LogP contribution is -2.19. The van der Waals surface area contributed by atoms with Crippen LogP contribution < -0.4 is 10.1 Å². The topological polar surface area (TPSA) is 21.3 Å². The standard InChI is InChI=1S/C15H24BrNOS/c1-12(2)10-17-11-13-6-4-7-14(16)15(13)18-8-5-9-19-3/h4,6-7,12,17H,5,8-11H2,1-3H3. The van der Waals surface area contributed by atoms with Crippen molar-refractivity contribution in [1.82, 2.24) is 5.32 Å². The number of hydrogen-bond acceptors (Lipinski definition) is 3. The first-order chi connectivity index (χ1) is 9.15. The number of para-hydroxylation sites is 1. The van der Waals surface area contributed by atoms with Crippen molar-refractivity contribution in [2.45, 2.75) is 26.8 Å². The molecule has 0 aliphatic carbocycles. The van der Waals surface area contributed by atoms with Gasteiger partial charge in [-0.1, -0.05) is 26.0 Å². The molecule has 1 rings (SSSR count). The molecule has 19 heavy (non-hydrogen) atoms. The van der Waals surface area contributed by atoms with Gasteiger partial charge in [0, 0.05) is 12.1 Å². The molecule has 0 radical (unpaired) electrons. The smallest absolute Gasteiger partial charge is 0.137 e. The number of rotatable bonds is 9. The lowest BCUT2D eigenvalue weighted by atomic mass is 10.2. The van der Waals surface area contributed by atoms with E-state index in [1.807, 2.05) is 17.8 Å². The third-order valence-corrected chi connectivity index (χ3v) is 3.98. The van der Waals surface area contributed by atoms with E-state index in [0.717, 1.165) is 42.1 Å². The van der Waals surface area contributed by atoms with Crippen LogP contribution in [0.15, 0.2) is 22.7 Å².